The minimum Gasteiger partial charge on any atom is -0.497 e. The first-order valence-electron chi connectivity index (χ1n) is 6.22. The maximum Gasteiger partial charge on any atom is 0.122 e. The minimum atomic E-state index is -0.619. The van der Waals surface area contributed by atoms with Gasteiger partial charge in [-0.25, -0.2) is 0 Å². The molecule has 2 rings (SSSR count). The summed E-state index contributed by atoms with van der Waals surface area (Å²) in [6, 6.07) is 5.39. The van der Waals surface area contributed by atoms with Gasteiger partial charge in [-0.05, 0) is 17.7 Å². The molecule has 0 amide bonds. The van der Waals surface area contributed by atoms with Gasteiger partial charge < -0.3 is 19.9 Å². The highest BCUT2D eigenvalue weighted by molar-refractivity contribution is 7.09. The average Bonchev–Trinajstić information content (AvgIpc) is 2.99. The van der Waals surface area contributed by atoms with Gasteiger partial charge in [0.25, 0.3) is 0 Å². The Bertz CT molecular complexity index is 509. The van der Waals surface area contributed by atoms with E-state index in [9.17, 15) is 5.11 Å². The first-order valence-corrected chi connectivity index (χ1v) is 7.10. The highest BCUT2D eigenvalue weighted by Crippen LogP contribution is 2.26. The molecule has 0 saturated carbocycles. The number of rotatable bonds is 7. The van der Waals surface area contributed by atoms with Crippen molar-refractivity contribution in [3.8, 4) is 11.5 Å². The van der Waals surface area contributed by atoms with E-state index >= 15 is 0 Å². The Labute approximate surface area is 122 Å². The highest BCUT2D eigenvalue weighted by Gasteiger charge is 2.11. The van der Waals surface area contributed by atoms with Gasteiger partial charge in [-0.1, -0.05) is 0 Å². The summed E-state index contributed by atoms with van der Waals surface area (Å²) in [5, 5.41) is 13.4. The lowest BCUT2D eigenvalue weighted by Gasteiger charge is -2.14. The molecule has 0 bridgehead atoms. The van der Waals surface area contributed by atoms with Crippen molar-refractivity contribution in [2.24, 2.45) is 0 Å². The zero-order valence-corrected chi connectivity index (χ0v) is 12.3. The van der Waals surface area contributed by atoms with Gasteiger partial charge in [-0.15, -0.1) is 11.3 Å². The summed E-state index contributed by atoms with van der Waals surface area (Å²) in [5.74, 6) is 1.33. The number of hydrogen-bond donors (Lipinski definition) is 2. The first-order chi connectivity index (χ1) is 9.72. The quantitative estimate of drug-likeness (QED) is 0.817. The highest BCUT2D eigenvalue weighted by atomic mass is 32.1. The number of benzene rings is 1. The molecule has 1 aromatic heterocycles. The third-order valence-electron chi connectivity index (χ3n) is 2.88. The van der Waals surface area contributed by atoms with E-state index in [-0.39, 0.29) is 0 Å². The molecule has 1 unspecified atom stereocenters. The topological polar surface area (TPSA) is 63.6 Å². The van der Waals surface area contributed by atoms with E-state index in [0.29, 0.717) is 24.6 Å². The molecule has 2 N–H and O–H groups in total. The second kappa shape index (κ2) is 7.23. The molecule has 20 heavy (non-hydrogen) atoms. The molecule has 108 valence electrons. The molecular weight excluding hydrogens is 276 g/mol. The van der Waals surface area contributed by atoms with Gasteiger partial charge >= 0.3 is 0 Å². The van der Waals surface area contributed by atoms with Crippen LogP contribution in [0.15, 0.2) is 29.9 Å². The number of aromatic nitrogens is 1. The van der Waals surface area contributed by atoms with E-state index in [1.54, 1.807) is 37.1 Å². The van der Waals surface area contributed by atoms with Gasteiger partial charge in [0, 0.05) is 30.2 Å². The van der Waals surface area contributed by atoms with Crippen LogP contribution in [0, 0.1) is 0 Å². The van der Waals surface area contributed by atoms with Gasteiger partial charge in [0.05, 0.1) is 25.8 Å². The molecule has 0 radical (unpaired) electrons. The van der Waals surface area contributed by atoms with Crippen molar-refractivity contribution >= 4 is 11.3 Å². The summed E-state index contributed by atoms with van der Waals surface area (Å²) in [6.07, 6.45) is 1.20. The van der Waals surface area contributed by atoms with Crippen molar-refractivity contribution < 1.29 is 14.6 Å². The number of hydrogen-bond acceptors (Lipinski definition) is 6. The molecule has 6 heteroatoms. The van der Waals surface area contributed by atoms with Crippen molar-refractivity contribution in [1.82, 2.24) is 10.3 Å². The van der Waals surface area contributed by atoms with Crippen molar-refractivity contribution in [3.63, 3.8) is 0 Å². The van der Waals surface area contributed by atoms with Gasteiger partial charge in [0.2, 0.25) is 0 Å². The van der Waals surface area contributed by atoms with E-state index in [1.807, 2.05) is 18.3 Å². The van der Waals surface area contributed by atoms with Crippen LogP contribution in [0.5, 0.6) is 11.5 Å². The molecule has 0 aliphatic carbocycles. The lowest BCUT2D eigenvalue weighted by atomic mass is 10.1. The van der Waals surface area contributed by atoms with Crippen LogP contribution in [-0.2, 0) is 6.54 Å². The Balaban J connectivity index is 1.95. The lowest BCUT2D eigenvalue weighted by molar-refractivity contribution is 0.173. The van der Waals surface area contributed by atoms with Gasteiger partial charge in [0.15, 0.2) is 0 Å². The maximum atomic E-state index is 10.2. The van der Waals surface area contributed by atoms with Crippen LogP contribution in [0.1, 0.15) is 16.5 Å². The molecule has 1 heterocycles. The molecule has 1 aromatic carbocycles. The largest absolute Gasteiger partial charge is 0.497 e. The monoisotopic (exact) mass is 294 g/mol. The number of nitrogens with zero attached hydrogens (tertiary/aromatic N) is 1. The van der Waals surface area contributed by atoms with Crippen molar-refractivity contribution in [3.05, 3.63) is 40.3 Å². The summed E-state index contributed by atoms with van der Waals surface area (Å²) < 4.78 is 10.4. The Kier molecular flexibility index (Phi) is 5.34. The number of thiazole rings is 1. The van der Waals surface area contributed by atoms with E-state index in [2.05, 4.69) is 10.3 Å². The molecular formula is C14H18N2O3S. The SMILES string of the molecule is COc1cc(OC)cc(C(O)CNCc2cncs2)c1. The Morgan fingerprint density at radius 3 is 2.50 bits per heavy atom. The minimum absolute atomic E-state index is 0.453. The lowest BCUT2D eigenvalue weighted by Crippen LogP contribution is -2.20. The first kappa shape index (κ1) is 14.8. The van der Waals surface area contributed by atoms with Crippen LogP contribution in [0.2, 0.25) is 0 Å². The normalized spacial score (nSPS) is 12.2. The standard InChI is InChI=1S/C14H18N2O3S/c1-18-11-3-10(4-12(5-11)19-2)14(17)8-15-6-13-7-16-9-20-13/h3-5,7,9,14-15,17H,6,8H2,1-2H3. The van der Waals surface area contributed by atoms with Crippen molar-refractivity contribution in [2.45, 2.75) is 12.6 Å². The number of aliphatic hydroxyl groups excluding tert-OH is 1. The number of aliphatic hydroxyl groups is 1. The summed E-state index contributed by atoms with van der Waals surface area (Å²) in [4.78, 5) is 5.15. The van der Waals surface area contributed by atoms with Crippen molar-refractivity contribution in [2.75, 3.05) is 20.8 Å². The second-order valence-corrected chi connectivity index (χ2v) is 5.23. The third-order valence-corrected chi connectivity index (χ3v) is 3.66. The Morgan fingerprint density at radius 1 is 1.25 bits per heavy atom. The van der Waals surface area contributed by atoms with E-state index < -0.39 is 6.10 Å². The zero-order chi connectivity index (χ0) is 14.4. The Hall–Kier alpha value is -1.63. The molecule has 5 nitrogen and oxygen atoms in total. The van der Waals surface area contributed by atoms with Crippen LogP contribution in [0.25, 0.3) is 0 Å². The molecule has 0 saturated heterocycles. The molecule has 0 aliphatic rings. The predicted octanol–water partition coefficient (Wildman–Crippen LogP) is 1.98. The summed E-state index contributed by atoms with van der Waals surface area (Å²) >= 11 is 1.59. The van der Waals surface area contributed by atoms with Crippen LogP contribution >= 0.6 is 11.3 Å². The van der Waals surface area contributed by atoms with E-state index in [4.69, 9.17) is 9.47 Å². The van der Waals surface area contributed by atoms with Crippen LogP contribution < -0.4 is 14.8 Å². The van der Waals surface area contributed by atoms with Gasteiger partial charge in [0.1, 0.15) is 11.5 Å². The smallest absolute Gasteiger partial charge is 0.122 e. The van der Waals surface area contributed by atoms with Crippen molar-refractivity contribution in [1.29, 1.82) is 0 Å². The molecule has 0 aliphatic heterocycles. The summed E-state index contributed by atoms with van der Waals surface area (Å²) in [6.45, 7) is 1.15. The van der Waals surface area contributed by atoms with Gasteiger partial charge in [-0.2, -0.15) is 0 Å². The number of nitrogens with one attached hydrogen (secondary N) is 1. The fourth-order valence-corrected chi connectivity index (χ4v) is 2.37. The van der Waals surface area contributed by atoms with Gasteiger partial charge in [-0.3, -0.25) is 4.98 Å². The number of ether oxygens (including phenoxy) is 2. The van der Waals surface area contributed by atoms with Crippen LogP contribution in [0.4, 0.5) is 0 Å². The van der Waals surface area contributed by atoms with E-state index in [1.165, 1.54) is 0 Å². The average molecular weight is 294 g/mol. The zero-order valence-electron chi connectivity index (χ0n) is 11.5. The molecule has 0 spiro atoms. The molecule has 1 atom stereocenters. The maximum absolute atomic E-state index is 10.2. The summed E-state index contributed by atoms with van der Waals surface area (Å²) in [5.41, 5.74) is 2.55. The molecule has 2 aromatic rings. The molecule has 0 fully saturated rings. The fourth-order valence-electron chi connectivity index (χ4n) is 1.80. The Morgan fingerprint density at radius 2 is 1.95 bits per heavy atom. The third kappa shape index (κ3) is 3.93. The second-order valence-electron chi connectivity index (χ2n) is 4.26. The fraction of sp³-hybridized carbons (Fsp3) is 0.357. The predicted molar refractivity (Wildman–Crippen MR) is 78.3 cm³/mol. The summed E-state index contributed by atoms with van der Waals surface area (Å²) in [7, 11) is 3.18. The number of methoxy groups -OCH3 is 2. The van der Waals surface area contributed by atoms with Crippen LogP contribution in [-0.4, -0.2) is 30.9 Å². The van der Waals surface area contributed by atoms with Crippen LogP contribution in [0.3, 0.4) is 0 Å². The van der Waals surface area contributed by atoms with E-state index in [0.717, 1.165) is 10.4 Å².